The Labute approximate surface area is 234 Å². The van der Waals surface area contributed by atoms with Crippen molar-refractivity contribution >= 4 is 92.9 Å². The van der Waals surface area contributed by atoms with Gasteiger partial charge >= 0.3 is 0 Å². The topological polar surface area (TPSA) is 69.3 Å². The molecule has 182 valence electrons. The van der Waals surface area contributed by atoms with Crippen LogP contribution in [0.2, 0.25) is 35.2 Å². The van der Waals surface area contributed by atoms with Gasteiger partial charge in [-0.2, -0.15) is 5.10 Å². The van der Waals surface area contributed by atoms with Crippen LogP contribution in [0.4, 0.5) is 5.82 Å². The molecule has 1 amide bonds. The van der Waals surface area contributed by atoms with Crippen molar-refractivity contribution in [1.29, 1.82) is 0 Å². The van der Waals surface area contributed by atoms with E-state index < -0.39 is 5.91 Å². The lowest BCUT2D eigenvalue weighted by atomic mass is 10.2. The van der Waals surface area contributed by atoms with Crippen molar-refractivity contribution in [3.63, 3.8) is 0 Å². The molecule has 0 aliphatic heterocycles. The number of benzene rings is 2. The lowest BCUT2D eigenvalue weighted by Gasteiger charge is -2.12. The van der Waals surface area contributed by atoms with Gasteiger partial charge in [-0.3, -0.25) is 9.48 Å². The maximum Gasteiger partial charge on any atom is 0.292 e. The predicted octanol–water partition coefficient (Wildman–Crippen LogP) is 8.93. The van der Waals surface area contributed by atoms with Crippen LogP contribution in [0.3, 0.4) is 0 Å². The largest absolute Gasteiger partial charge is 0.482 e. The minimum Gasteiger partial charge on any atom is -0.482 e. The van der Waals surface area contributed by atoms with Gasteiger partial charge in [0.15, 0.2) is 17.3 Å². The molecule has 13 heteroatoms. The molecule has 0 aliphatic carbocycles. The van der Waals surface area contributed by atoms with Gasteiger partial charge in [-0.15, -0.1) is 0 Å². The Morgan fingerprint density at radius 1 is 0.886 bits per heavy atom. The second kappa shape index (κ2) is 11.1. The number of carbonyl (C=O) groups is 1. The highest BCUT2D eigenvalue weighted by Crippen LogP contribution is 2.48. The minimum absolute atomic E-state index is 0.000539. The number of nitrogens with zero attached hydrogens (tertiary/aromatic N) is 2. The van der Waals surface area contributed by atoms with E-state index >= 15 is 0 Å². The first kappa shape index (κ1) is 26.3. The second-order valence-electron chi connectivity index (χ2n) is 7.06. The van der Waals surface area contributed by atoms with E-state index in [1.807, 2.05) is 12.1 Å². The number of rotatable bonds is 7. The molecule has 2 aromatic carbocycles. The molecule has 35 heavy (non-hydrogen) atoms. The van der Waals surface area contributed by atoms with Gasteiger partial charge in [0.05, 0.1) is 21.6 Å². The number of furan rings is 1. The van der Waals surface area contributed by atoms with Gasteiger partial charge in [-0.05, 0) is 29.8 Å². The van der Waals surface area contributed by atoms with E-state index in [9.17, 15) is 4.79 Å². The molecule has 0 spiro atoms. The lowest BCUT2D eigenvalue weighted by molar-refractivity contribution is 0.0992. The number of nitrogens with one attached hydrogen (secondary N) is 1. The number of amides is 1. The monoisotopic (exact) mass is 611 g/mol. The number of hydrogen-bond donors (Lipinski definition) is 1. The first-order valence-corrected chi connectivity index (χ1v) is 12.3. The zero-order chi connectivity index (χ0) is 25.3. The van der Waals surface area contributed by atoms with Crippen molar-refractivity contribution in [2.24, 2.45) is 0 Å². The summed E-state index contributed by atoms with van der Waals surface area (Å²) in [6, 6.07) is 10.3. The Hall–Kier alpha value is -1.77. The first-order chi connectivity index (χ1) is 16.6. The quantitative estimate of drug-likeness (QED) is 0.167. The van der Waals surface area contributed by atoms with Crippen LogP contribution in [-0.2, 0) is 13.2 Å². The van der Waals surface area contributed by atoms with E-state index in [1.54, 1.807) is 29.1 Å². The standard InChI is InChI=1S/C22H12Cl7N3O3/c23-11-3-1-10(2-4-11)7-32-8-13(24)21(31-32)30-22(33)14-6-5-12(35-14)9-34-20-18(28)16(26)15(25)17(27)19(20)29/h1-6,8H,7,9H2,(H,30,31,33). The molecule has 0 atom stereocenters. The van der Waals surface area contributed by atoms with Crippen molar-refractivity contribution in [3.8, 4) is 5.75 Å². The molecule has 0 fully saturated rings. The summed E-state index contributed by atoms with van der Waals surface area (Å²) in [4.78, 5) is 12.6. The van der Waals surface area contributed by atoms with Crippen LogP contribution >= 0.6 is 81.2 Å². The molecule has 2 heterocycles. The molecular formula is C22H12Cl7N3O3. The molecule has 1 N–H and O–H groups in total. The normalized spacial score (nSPS) is 11.1. The van der Waals surface area contributed by atoms with Crippen LogP contribution in [0.1, 0.15) is 21.9 Å². The third-order valence-electron chi connectivity index (χ3n) is 4.62. The zero-order valence-corrected chi connectivity index (χ0v) is 22.5. The predicted molar refractivity (Wildman–Crippen MR) is 140 cm³/mol. The summed E-state index contributed by atoms with van der Waals surface area (Å²) in [7, 11) is 0. The second-order valence-corrected chi connectivity index (χ2v) is 9.79. The SMILES string of the molecule is O=C(Nc1nn(Cc2ccc(Cl)cc2)cc1Cl)c1ccc(COc2c(Cl)c(Cl)c(Cl)c(Cl)c2Cl)o1. The van der Waals surface area contributed by atoms with Crippen LogP contribution in [0, 0.1) is 0 Å². The molecular weight excluding hydrogens is 602 g/mol. The molecule has 0 saturated carbocycles. The van der Waals surface area contributed by atoms with Gasteiger partial charge < -0.3 is 14.5 Å². The molecule has 0 aliphatic rings. The summed E-state index contributed by atoms with van der Waals surface area (Å²) < 4.78 is 12.8. The fraction of sp³-hybridized carbons (Fsp3) is 0.0909. The Morgan fingerprint density at radius 3 is 2.17 bits per heavy atom. The number of halogens is 7. The van der Waals surface area contributed by atoms with Crippen LogP contribution in [0.5, 0.6) is 5.75 Å². The van der Waals surface area contributed by atoms with E-state index in [0.29, 0.717) is 17.3 Å². The van der Waals surface area contributed by atoms with Gasteiger partial charge in [-0.1, -0.05) is 93.3 Å². The third-order valence-corrected chi connectivity index (χ3v) is 7.39. The van der Waals surface area contributed by atoms with Crippen molar-refractivity contribution < 1.29 is 13.9 Å². The Kier molecular flexibility index (Phi) is 8.34. The summed E-state index contributed by atoms with van der Waals surface area (Å²) in [5.74, 6) is -0.0133. The van der Waals surface area contributed by atoms with Crippen molar-refractivity contribution in [3.05, 3.63) is 94.8 Å². The fourth-order valence-corrected chi connectivity index (χ4v) is 4.49. The Balaban J connectivity index is 1.41. The summed E-state index contributed by atoms with van der Waals surface area (Å²) in [5.41, 5.74) is 0.964. The Morgan fingerprint density at radius 2 is 1.51 bits per heavy atom. The van der Waals surface area contributed by atoms with Gasteiger partial charge in [0.1, 0.15) is 27.4 Å². The summed E-state index contributed by atoms with van der Waals surface area (Å²) in [6.07, 6.45) is 1.60. The molecule has 2 aromatic heterocycles. The molecule has 4 rings (SSSR count). The van der Waals surface area contributed by atoms with E-state index in [-0.39, 0.29) is 54.1 Å². The van der Waals surface area contributed by atoms with Gasteiger partial charge in [0.2, 0.25) is 0 Å². The number of ether oxygens (including phenoxy) is 1. The summed E-state index contributed by atoms with van der Waals surface area (Å²) in [6.45, 7) is 0.330. The minimum atomic E-state index is -0.552. The first-order valence-electron chi connectivity index (χ1n) is 9.65. The summed E-state index contributed by atoms with van der Waals surface area (Å²) >= 11 is 42.5. The van der Waals surface area contributed by atoms with Crippen LogP contribution in [-0.4, -0.2) is 15.7 Å². The maximum atomic E-state index is 12.6. The van der Waals surface area contributed by atoms with Crippen LogP contribution in [0.15, 0.2) is 47.0 Å². The number of aromatic nitrogens is 2. The molecule has 4 aromatic rings. The third kappa shape index (κ3) is 5.97. The number of carbonyl (C=O) groups excluding carboxylic acids is 1. The molecule has 0 bridgehead atoms. The number of hydrogen-bond acceptors (Lipinski definition) is 4. The highest BCUT2D eigenvalue weighted by Gasteiger charge is 2.21. The number of anilines is 1. The van der Waals surface area contributed by atoms with Crippen molar-refractivity contribution in [2.75, 3.05) is 5.32 Å². The van der Waals surface area contributed by atoms with Crippen molar-refractivity contribution in [1.82, 2.24) is 9.78 Å². The van der Waals surface area contributed by atoms with E-state index in [4.69, 9.17) is 90.4 Å². The lowest BCUT2D eigenvalue weighted by Crippen LogP contribution is -2.12. The van der Waals surface area contributed by atoms with E-state index in [2.05, 4.69) is 10.4 Å². The van der Waals surface area contributed by atoms with E-state index in [1.165, 1.54) is 6.07 Å². The van der Waals surface area contributed by atoms with Gasteiger partial charge in [0, 0.05) is 11.2 Å². The van der Waals surface area contributed by atoms with Crippen LogP contribution < -0.4 is 10.1 Å². The molecule has 0 saturated heterocycles. The molecule has 0 unspecified atom stereocenters. The average molecular weight is 615 g/mol. The maximum absolute atomic E-state index is 12.6. The van der Waals surface area contributed by atoms with Crippen molar-refractivity contribution in [2.45, 2.75) is 13.2 Å². The Bertz CT molecular complexity index is 1370. The molecule has 6 nitrogen and oxygen atoms in total. The highest BCUT2D eigenvalue weighted by molar-refractivity contribution is 6.55. The molecule has 0 radical (unpaired) electrons. The smallest absolute Gasteiger partial charge is 0.292 e. The highest BCUT2D eigenvalue weighted by atomic mass is 35.5. The van der Waals surface area contributed by atoms with Gasteiger partial charge in [0.25, 0.3) is 5.91 Å². The average Bonchev–Trinajstić information content (AvgIpc) is 3.44. The summed E-state index contributed by atoms with van der Waals surface area (Å²) in [5, 5.41) is 7.85. The van der Waals surface area contributed by atoms with E-state index in [0.717, 1.165) is 5.56 Å². The van der Waals surface area contributed by atoms with Crippen LogP contribution in [0.25, 0.3) is 0 Å². The van der Waals surface area contributed by atoms with Gasteiger partial charge in [-0.25, -0.2) is 0 Å². The fourth-order valence-electron chi connectivity index (χ4n) is 2.94. The zero-order valence-electron chi connectivity index (χ0n) is 17.2.